The van der Waals surface area contributed by atoms with Crippen molar-refractivity contribution < 1.29 is 13.2 Å². The zero-order valence-electron chi connectivity index (χ0n) is 11.8. The molecule has 1 N–H and O–H groups in total. The summed E-state index contributed by atoms with van der Waals surface area (Å²) < 4.78 is 40.6. The van der Waals surface area contributed by atoms with Gasteiger partial charge in [-0.15, -0.1) is 0 Å². The molecule has 0 aliphatic heterocycles. The number of benzene rings is 1. The van der Waals surface area contributed by atoms with Gasteiger partial charge in [-0.1, -0.05) is 25.1 Å². The first-order chi connectivity index (χ1) is 10.0. The van der Waals surface area contributed by atoms with Crippen LogP contribution in [0.4, 0.5) is 13.2 Å². The molecule has 3 nitrogen and oxygen atoms in total. The Morgan fingerprint density at radius 3 is 2.67 bits per heavy atom. The van der Waals surface area contributed by atoms with Crippen LogP contribution in [0.1, 0.15) is 30.3 Å². The van der Waals surface area contributed by atoms with Gasteiger partial charge in [-0.25, -0.2) is 4.98 Å². The van der Waals surface area contributed by atoms with Crippen molar-refractivity contribution in [2.75, 3.05) is 0 Å². The van der Waals surface area contributed by atoms with Gasteiger partial charge in [-0.2, -0.15) is 13.2 Å². The number of alkyl halides is 3. The molecule has 0 aliphatic rings. The highest BCUT2D eigenvalue weighted by atomic mass is 19.4. The zero-order valence-corrected chi connectivity index (χ0v) is 11.8. The first-order valence-corrected chi connectivity index (χ1v) is 6.88. The number of nitrogens with zero attached hydrogens (tertiary/aromatic N) is 2. The number of hydrogen-bond acceptors (Lipinski definition) is 2. The molecule has 0 amide bonds. The Morgan fingerprint density at radius 1 is 1.19 bits per heavy atom. The summed E-state index contributed by atoms with van der Waals surface area (Å²) in [7, 11) is 0. The van der Waals surface area contributed by atoms with Crippen molar-refractivity contribution in [1.82, 2.24) is 14.9 Å². The van der Waals surface area contributed by atoms with Gasteiger partial charge >= 0.3 is 6.18 Å². The molecule has 0 saturated carbocycles. The summed E-state index contributed by atoms with van der Waals surface area (Å²) in [6.07, 6.45) is 0.250. The maximum absolute atomic E-state index is 12.9. The minimum Gasteiger partial charge on any atom is -0.334 e. The van der Waals surface area contributed by atoms with E-state index in [0.717, 1.165) is 24.9 Å². The largest absolute Gasteiger partial charge is 0.416 e. The van der Waals surface area contributed by atoms with E-state index < -0.39 is 11.7 Å². The van der Waals surface area contributed by atoms with E-state index in [1.807, 2.05) is 10.8 Å². The second-order valence-electron chi connectivity index (χ2n) is 4.80. The Bertz CT molecular complexity index is 576. The smallest absolute Gasteiger partial charge is 0.334 e. The number of rotatable bonds is 6. The quantitative estimate of drug-likeness (QED) is 0.883. The van der Waals surface area contributed by atoms with Crippen molar-refractivity contribution in [2.45, 2.75) is 39.2 Å². The lowest BCUT2D eigenvalue weighted by atomic mass is 10.1. The first-order valence-electron chi connectivity index (χ1n) is 6.88. The van der Waals surface area contributed by atoms with Crippen LogP contribution >= 0.6 is 0 Å². The Kier molecular flexibility index (Phi) is 5.01. The Balaban J connectivity index is 1.99. The number of hydrogen-bond donors (Lipinski definition) is 1. The van der Waals surface area contributed by atoms with E-state index in [1.165, 1.54) is 12.1 Å². The van der Waals surface area contributed by atoms with Crippen LogP contribution in [0.25, 0.3) is 0 Å². The molecule has 2 rings (SSSR count). The van der Waals surface area contributed by atoms with Gasteiger partial charge in [0, 0.05) is 25.5 Å². The molecule has 1 heterocycles. The first kappa shape index (κ1) is 15.6. The molecular formula is C15H18F3N3. The molecule has 0 spiro atoms. The van der Waals surface area contributed by atoms with Gasteiger partial charge in [-0.3, -0.25) is 0 Å². The Labute approximate surface area is 121 Å². The topological polar surface area (TPSA) is 29.9 Å². The van der Waals surface area contributed by atoms with Crippen molar-refractivity contribution in [3.63, 3.8) is 0 Å². The monoisotopic (exact) mass is 297 g/mol. The van der Waals surface area contributed by atoms with E-state index in [9.17, 15) is 13.2 Å². The van der Waals surface area contributed by atoms with Crippen LogP contribution < -0.4 is 5.32 Å². The molecule has 0 saturated heterocycles. The predicted octanol–water partition coefficient (Wildman–Crippen LogP) is 3.60. The summed E-state index contributed by atoms with van der Waals surface area (Å²) in [6.45, 7) is 3.53. The molecule has 0 unspecified atom stereocenters. The number of imidazole rings is 1. The van der Waals surface area contributed by atoms with Gasteiger partial charge in [0.05, 0.1) is 12.1 Å². The van der Waals surface area contributed by atoms with Gasteiger partial charge in [0.1, 0.15) is 5.82 Å². The third kappa shape index (κ3) is 4.07. The predicted molar refractivity (Wildman–Crippen MR) is 74.5 cm³/mol. The Hall–Kier alpha value is -1.82. The van der Waals surface area contributed by atoms with Crippen LogP contribution in [-0.4, -0.2) is 9.55 Å². The van der Waals surface area contributed by atoms with E-state index in [-0.39, 0.29) is 12.1 Å². The number of aryl methyl sites for hydroxylation is 1. The van der Waals surface area contributed by atoms with Crippen molar-refractivity contribution in [3.05, 3.63) is 53.6 Å². The highest BCUT2D eigenvalue weighted by Gasteiger charge is 2.32. The van der Waals surface area contributed by atoms with E-state index in [1.54, 1.807) is 12.3 Å². The van der Waals surface area contributed by atoms with Crippen LogP contribution in [0.2, 0.25) is 0 Å². The van der Waals surface area contributed by atoms with E-state index in [2.05, 4.69) is 17.2 Å². The fraction of sp³-hybridized carbons (Fsp3) is 0.400. The lowest BCUT2D eigenvalue weighted by Crippen LogP contribution is -2.19. The lowest BCUT2D eigenvalue weighted by Gasteiger charge is -2.13. The molecule has 0 fully saturated rings. The molecule has 0 bridgehead atoms. The maximum atomic E-state index is 12.9. The van der Waals surface area contributed by atoms with Crippen molar-refractivity contribution >= 4 is 0 Å². The van der Waals surface area contributed by atoms with Crippen molar-refractivity contribution in [3.8, 4) is 0 Å². The second kappa shape index (κ2) is 6.76. The standard InChI is InChI=1S/C15H18F3N3/c1-2-8-21-9-7-20-14(21)11-19-10-12-5-3-4-6-13(12)15(16,17)18/h3-7,9,19H,2,8,10-11H2,1H3. The molecule has 0 atom stereocenters. The summed E-state index contributed by atoms with van der Waals surface area (Å²) in [5, 5.41) is 3.03. The molecule has 1 aromatic carbocycles. The van der Waals surface area contributed by atoms with Crippen molar-refractivity contribution in [2.24, 2.45) is 0 Å². The van der Waals surface area contributed by atoms with Gasteiger partial charge in [-0.05, 0) is 18.1 Å². The van der Waals surface area contributed by atoms with Crippen LogP contribution in [0, 0.1) is 0 Å². The lowest BCUT2D eigenvalue weighted by molar-refractivity contribution is -0.138. The normalized spacial score (nSPS) is 11.8. The molecule has 0 radical (unpaired) electrons. The van der Waals surface area contributed by atoms with E-state index >= 15 is 0 Å². The minimum absolute atomic E-state index is 0.161. The zero-order chi connectivity index (χ0) is 15.3. The summed E-state index contributed by atoms with van der Waals surface area (Å²) in [4.78, 5) is 4.22. The summed E-state index contributed by atoms with van der Waals surface area (Å²) in [5.74, 6) is 0.835. The van der Waals surface area contributed by atoms with Crippen LogP contribution in [0.3, 0.4) is 0 Å². The van der Waals surface area contributed by atoms with Gasteiger partial charge in [0.2, 0.25) is 0 Å². The Morgan fingerprint density at radius 2 is 1.95 bits per heavy atom. The average molecular weight is 297 g/mol. The summed E-state index contributed by atoms with van der Waals surface area (Å²) in [6, 6.07) is 5.62. The summed E-state index contributed by atoms with van der Waals surface area (Å²) in [5.41, 5.74) is -0.340. The minimum atomic E-state index is -4.32. The van der Waals surface area contributed by atoms with Gasteiger partial charge < -0.3 is 9.88 Å². The van der Waals surface area contributed by atoms with E-state index in [0.29, 0.717) is 6.54 Å². The molecule has 6 heteroatoms. The van der Waals surface area contributed by atoms with Crippen molar-refractivity contribution in [1.29, 1.82) is 0 Å². The molecule has 114 valence electrons. The fourth-order valence-corrected chi connectivity index (χ4v) is 2.21. The molecule has 2 aromatic rings. The number of aromatic nitrogens is 2. The molecular weight excluding hydrogens is 279 g/mol. The third-order valence-corrected chi connectivity index (χ3v) is 3.19. The van der Waals surface area contributed by atoms with Crippen LogP contribution in [0.15, 0.2) is 36.7 Å². The molecule has 0 aliphatic carbocycles. The summed E-state index contributed by atoms with van der Waals surface area (Å²) >= 11 is 0. The second-order valence-corrected chi connectivity index (χ2v) is 4.80. The van der Waals surface area contributed by atoms with Crippen LogP contribution in [-0.2, 0) is 25.8 Å². The SMILES string of the molecule is CCCn1ccnc1CNCc1ccccc1C(F)(F)F. The molecule has 1 aromatic heterocycles. The number of halogens is 3. The van der Waals surface area contributed by atoms with Gasteiger partial charge in [0.15, 0.2) is 0 Å². The van der Waals surface area contributed by atoms with Crippen LogP contribution in [0.5, 0.6) is 0 Å². The van der Waals surface area contributed by atoms with E-state index in [4.69, 9.17) is 0 Å². The average Bonchev–Trinajstić information content (AvgIpc) is 2.86. The van der Waals surface area contributed by atoms with Gasteiger partial charge in [0.25, 0.3) is 0 Å². The maximum Gasteiger partial charge on any atom is 0.416 e. The highest BCUT2D eigenvalue weighted by molar-refractivity contribution is 5.29. The molecule has 21 heavy (non-hydrogen) atoms. The fourth-order valence-electron chi connectivity index (χ4n) is 2.21. The highest BCUT2D eigenvalue weighted by Crippen LogP contribution is 2.31. The number of nitrogens with one attached hydrogen (secondary N) is 1. The third-order valence-electron chi connectivity index (χ3n) is 3.19.